The molecule has 0 saturated heterocycles. The molecule has 0 aliphatic carbocycles. The molecule has 1 aliphatic rings. The fourth-order valence-corrected chi connectivity index (χ4v) is 2.45. The molecular formula is C18H29NO4. The number of esters is 1. The highest BCUT2D eigenvalue weighted by atomic mass is 16.5. The minimum Gasteiger partial charge on any atom is -0.452 e. The van der Waals surface area contributed by atoms with Gasteiger partial charge >= 0.3 is 5.97 Å². The average Bonchev–Trinajstić information content (AvgIpc) is 2.90. The number of carbonyl (C=O) groups excluding carboxylic acids is 2. The fourth-order valence-electron chi connectivity index (χ4n) is 2.45. The summed E-state index contributed by atoms with van der Waals surface area (Å²) in [6.07, 6.45) is 11.3. The minimum atomic E-state index is -0.606. The Labute approximate surface area is 138 Å². The summed E-state index contributed by atoms with van der Waals surface area (Å²) in [5, 5.41) is 12.2. The van der Waals surface area contributed by atoms with E-state index in [1.165, 1.54) is 6.08 Å². The van der Waals surface area contributed by atoms with Crippen LogP contribution in [0.25, 0.3) is 0 Å². The van der Waals surface area contributed by atoms with E-state index in [-0.39, 0.29) is 18.5 Å². The van der Waals surface area contributed by atoms with Crippen LogP contribution in [-0.2, 0) is 14.3 Å². The van der Waals surface area contributed by atoms with Gasteiger partial charge in [0.15, 0.2) is 0 Å². The van der Waals surface area contributed by atoms with E-state index < -0.39 is 12.1 Å². The molecule has 130 valence electrons. The monoisotopic (exact) mass is 323 g/mol. The normalized spacial score (nSPS) is 18.8. The SMILES string of the molecule is CCC/C=C/C(=O)N[C@@H](CO)[C@H]1C=C(CCCCCC)C(=O)O1. The van der Waals surface area contributed by atoms with Gasteiger partial charge in [0, 0.05) is 5.57 Å². The Morgan fingerprint density at radius 2 is 2.13 bits per heavy atom. The number of hydrogen-bond acceptors (Lipinski definition) is 4. The second kappa shape index (κ2) is 11.0. The van der Waals surface area contributed by atoms with Crippen LogP contribution in [0.4, 0.5) is 0 Å². The van der Waals surface area contributed by atoms with E-state index in [9.17, 15) is 14.7 Å². The molecule has 1 rings (SSSR count). The molecular weight excluding hydrogens is 294 g/mol. The highest BCUT2D eigenvalue weighted by Gasteiger charge is 2.31. The maximum Gasteiger partial charge on any atom is 0.334 e. The molecule has 0 spiro atoms. The Hall–Kier alpha value is -1.62. The number of unbranched alkanes of at least 4 members (excludes halogenated alkanes) is 4. The molecule has 0 aromatic rings. The number of rotatable bonds is 11. The van der Waals surface area contributed by atoms with Crippen LogP contribution in [0.3, 0.4) is 0 Å². The van der Waals surface area contributed by atoms with Gasteiger partial charge in [-0.05, 0) is 31.4 Å². The molecule has 5 heteroatoms. The van der Waals surface area contributed by atoms with Crippen LogP contribution >= 0.6 is 0 Å². The van der Waals surface area contributed by atoms with E-state index in [0.717, 1.165) is 38.5 Å². The molecule has 0 saturated carbocycles. The molecule has 2 atom stereocenters. The molecule has 0 aromatic heterocycles. The van der Waals surface area contributed by atoms with Crippen molar-refractivity contribution >= 4 is 11.9 Å². The lowest BCUT2D eigenvalue weighted by atomic mass is 10.0. The number of nitrogens with one attached hydrogen (secondary N) is 1. The Morgan fingerprint density at radius 3 is 2.78 bits per heavy atom. The van der Waals surface area contributed by atoms with Crippen LogP contribution in [0, 0.1) is 0 Å². The molecule has 0 aromatic carbocycles. The quantitative estimate of drug-likeness (QED) is 0.348. The zero-order chi connectivity index (χ0) is 17.1. The van der Waals surface area contributed by atoms with Gasteiger partial charge in [-0.1, -0.05) is 45.6 Å². The topological polar surface area (TPSA) is 75.6 Å². The molecule has 23 heavy (non-hydrogen) atoms. The van der Waals surface area contributed by atoms with Gasteiger partial charge in [0.05, 0.1) is 12.6 Å². The Kier molecular flexibility index (Phi) is 9.29. The van der Waals surface area contributed by atoms with Gasteiger partial charge in [-0.25, -0.2) is 4.79 Å². The van der Waals surface area contributed by atoms with Crippen molar-refractivity contribution in [2.24, 2.45) is 0 Å². The predicted molar refractivity (Wildman–Crippen MR) is 89.8 cm³/mol. The number of aliphatic hydroxyl groups excluding tert-OH is 1. The van der Waals surface area contributed by atoms with Crippen molar-refractivity contribution in [3.05, 3.63) is 23.8 Å². The van der Waals surface area contributed by atoms with Crippen LogP contribution in [0.2, 0.25) is 0 Å². The first-order valence-electron chi connectivity index (χ1n) is 8.61. The molecule has 0 radical (unpaired) electrons. The maximum atomic E-state index is 11.9. The van der Waals surface area contributed by atoms with Crippen molar-refractivity contribution in [1.82, 2.24) is 5.32 Å². The largest absolute Gasteiger partial charge is 0.452 e. The maximum absolute atomic E-state index is 11.9. The van der Waals surface area contributed by atoms with Crippen LogP contribution in [0.1, 0.15) is 58.8 Å². The zero-order valence-corrected chi connectivity index (χ0v) is 14.2. The second-order valence-corrected chi connectivity index (χ2v) is 5.86. The van der Waals surface area contributed by atoms with Crippen LogP contribution < -0.4 is 5.32 Å². The molecule has 2 N–H and O–H groups in total. The van der Waals surface area contributed by atoms with Gasteiger partial charge < -0.3 is 15.2 Å². The van der Waals surface area contributed by atoms with Crippen molar-refractivity contribution in [3.63, 3.8) is 0 Å². The third-order valence-electron chi connectivity index (χ3n) is 3.82. The smallest absolute Gasteiger partial charge is 0.334 e. The van der Waals surface area contributed by atoms with Crippen molar-refractivity contribution in [1.29, 1.82) is 0 Å². The van der Waals surface area contributed by atoms with Crippen molar-refractivity contribution in [2.75, 3.05) is 6.61 Å². The van der Waals surface area contributed by atoms with Gasteiger partial charge in [0.25, 0.3) is 0 Å². The van der Waals surface area contributed by atoms with E-state index in [1.807, 2.05) is 6.92 Å². The summed E-state index contributed by atoms with van der Waals surface area (Å²) in [4.78, 5) is 23.6. The van der Waals surface area contributed by atoms with Gasteiger partial charge in [-0.3, -0.25) is 4.79 Å². The summed E-state index contributed by atoms with van der Waals surface area (Å²) in [6, 6.07) is -0.606. The standard InChI is InChI=1S/C18H29NO4/c1-3-5-7-9-10-14-12-16(23-18(14)22)15(13-20)19-17(21)11-8-6-4-2/h8,11-12,15-16,20H,3-7,9-10,13H2,1-2H3,(H,19,21)/b11-8+/t15-,16+/m0/s1. The van der Waals surface area contributed by atoms with Crippen molar-refractivity contribution < 1.29 is 19.4 Å². The van der Waals surface area contributed by atoms with Crippen LogP contribution in [-0.4, -0.2) is 35.7 Å². The summed E-state index contributed by atoms with van der Waals surface area (Å²) in [5.74, 6) is -0.612. The number of ether oxygens (including phenoxy) is 1. The van der Waals surface area contributed by atoms with Crippen LogP contribution in [0.5, 0.6) is 0 Å². The number of hydrogen-bond donors (Lipinski definition) is 2. The second-order valence-electron chi connectivity index (χ2n) is 5.86. The molecule has 0 bridgehead atoms. The Balaban J connectivity index is 2.52. The van der Waals surface area contributed by atoms with Crippen molar-refractivity contribution in [2.45, 2.75) is 70.9 Å². The lowest BCUT2D eigenvalue weighted by Gasteiger charge is -2.20. The molecule has 1 aliphatic heterocycles. The van der Waals surface area contributed by atoms with Gasteiger partial charge in [0.2, 0.25) is 5.91 Å². The van der Waals surface area contributed by atoms with E-state index in [0.29, 0.717) is 12.0 Å². The summed E-state index contributed by atoms with van der Waals surface area (Å²) in [5.41, 5.74) is 0.653. The first-order chi connectivity index (χ1) is 11.1. The number of carbonyl (C=O) groups is 2. The summed E-state index contributed by atoms with van der Waals surface area (Å²) < 4.78 is 5.28. The first kappa shape index (κ1) is 19.4. The Morgan fingerprint density at radius 1 is 1.35 bits per heavy atom. The van der Waals surface area contributed by atoms with Gasteiger partial charge in [0.1, 0.15) is 6.10 Å². The lowest BCUT2D eigenvalue weighted by molar-refractivity contribution is -0.142. The number of cyclic esters (lactones) is 1. The molecule has 1 amide bonds. The summed E-state index contributed by atoms with van der Waals surface area (Å²) >= 11 is 0. The van der Waals surface area contributed by atoms with Crippen molar-refractivity contribution in [3.8, 4) is 0 Å². The molecule has 0 unspecified atom stereocenters. The zero-order valence-electron chi connectivity index (χ0n) is 14.2. The summed E-state index contributed by atoms with van der Waals surface area (Å²) in [7, 11) is 0. The van der Waals surface area contributed by atoms with Gasteiger partial charge in [-0.15, -0.1) is 0 Å². The predicted octanol–water partition coefficient (Wildman–Crippen LogP) is 2.64. The van der Waals surface area contributed by atoms with Crippen LogP contribution in [0.15, 0.2) is 23.8 Å². The van der Waals surface area contributed by atoms with E-state index >= 15 is 0 Å². The minimum absolute atomic E-state index is 0.273. The number of amides is 1. The third kappa shape index (κ3) is 6.99. The summed E-state index contributed by atoms with van der Waals surface area (Å²) in [6.45, 7) is 3.90. The molecule has 1 heterocycles. The number of allylic oxidation sites excluding steroid dienone is 1. The first-order valence-corrected chi connectivity index (χ1v) is 8.61. The molecule has 5 nitrogen and oxygen atoms in total. The van der Waals surface area contributed by atoms with Gasteiger partial charge in [-0.2, -0.15) is 0 Å². The highest BCUT2D eigenvalue weighted by molar-refractivity contribution is 5.91. The lowest BCUT2D eigenvalue weighted by Crippen LogP contribution is -2.45. The Bertz CT molecular complexity index is 442. The molecule has 0 fully saturated rings. The van der Waals surface area contributed by atoms with E-state index in [2.05, 4.69) is 12.2 Å². The fraction of sp³-hybridized carbons (Fsp3) is 0.667. The highest BCUT2D eigenvalue weighted by Crippen LogP contribution is 2.21. The van der Waals surface area contributed by atoms with E-state index in [1.54, 1.807) is 12.2 Å². The van der Waals surface area contributed by atoms with E-state index in [4.69, 9.17) is 4.74 Å². The average molecular weight is 323 g/mol. The third-order valence-corrected chi connectivity index (χ3v) is 3.82. The number of aliphatic hydroxyl groups is 1.